The van der Waals surface area contributed by atoms with E-state index in [-0.39, 0.29) is 11.5 Å². The van der Waals surface area contributed by atoms with Gasteiger partial charge in [-0.1, -0.05) is 60.7 Å². The molecule has 140 valence electrons. The average molecular weight is 375 g/mol. The van der Waals surface area contributed by atoms with Gasteiger partial charge in [0.25, 0.3) is 0 Å². The maximum Gasteiger partial charge on any atom is 0.315 e. The molecule has 0 atom stereocenters. The number of phenols is 1. The first-order chi connectivity index (χ1) is 13.5. The predicted octanol–water partition coefficient (Wildman–Crippen LogP) is 4.73. The number of Topliss-reactive ketones (excluding diaryl/α,β-unsaturated/α-hetero) is 1. The van der Waals surface area contributed by atoms with Crippen LogP contribution in [0.2, 0.25) is 0 Å². The standard InChI is InChI=1S/C22H17NO5/c1-28-20-14-15(13-19(22(20)25)23(26)27)12-18(16-8-4-2-5-9-16)21(24)17-10-6-3-7-11-17/h2-14,25H,1H3. The highest BCUT2D eigenvalue weighted by molar-refractivity contribution is 6.32. The fourth-order valence-corrected chi connectivity index (χ4v) is 2.80. The summed E-state index contributed by atoms with van der Waals surface area (Å²) in [4.78, 5) is 23.7. The fourth-order valence-electron chi connectivity index (χ4n) is 2.80. The molecule has 3 aromatic carbocycles. The minimum atomic E-state index is -0.698. The molecule has 0 saturated heterocycles. The molecule has 0 fully saturated rings. The number of benzene rings is 3. The summed E-state index contributed by atoms with van der Waals surface area (Å²) in [5.74, 6) is -0.818. The minimum Gasteiger partial charge on any atom is -0.500 e. The molecule has 28 heavy (non-hydrogen) atoms. The highest BCUT2D eigenvalue weighted by Crippen LogP contribution is 2.38. The van der Waals surface area contributed by atoms with Crippen molar-refractivity contribution < 1.29 is 19.6 Å². The molecule has 3 rings (SSSR count). The van der Waals surface area contributed by atoms with Gasteiger partial charge in [-0.05, 0) is 23.3 Å². The Balaban J connectivity index is 2.19. The molecular formula is C22H17NO5. The highest BCUT2D eigenvalue weighted by atomic mass is 16.6. The number of methoxy groups -OCH3 is 1. The number of ether oxygens (including phenoxy) is 1. The number of aromatic hydroxyl groups is 1. The number of allylic oxidation sites excluding steroid dienone is 1. The van der Waals surface area contributed by atoms with Crippen LogP contribution in [0.3, 0.4) is 0 Å². The first-order valence-electron chi connectivity index (χ1n) is 8.43. The lowest BCUT2D eigenvalue weighted by atomic mass is 9.94. The van der Waals surface area contributed by atoms with Gasteiger partial charge in [-0.15, -0.1) is 0 Å². The number of carbonyl (C=O) groups excluding carboxylic acids is 1. The van der Waals surface area contributed by atoms with Crippen molar-refractivity contribution in [2.75, 3.05) is 7.11 Å². The SMILES string of the molecule is COc1cc(C=C(C(=O)c2ccccc2)c2ccccc2)cc([N+](=O)[O-])c1O. The molecule has 6 nitrogen and oxygen atoms in total. The Morgan fingerprint density at radius 2 is 1.57 bits per heavy atom. The third kappa shape index (κ3) is 3.91. The quantitative estimate of drug-likeness (QED) is 0.221. The molecule has 0 radical (unpaired) electrons. The Bertz CT molecular complexity index is 1040. The van der Waals surface area contributed by atoms with E-state index >= 15 is 0 Å². The lowest BCUT2D eigenvalue weighted by Crippen LogP contribution is -2.03. The van der Waals surface area contributed by atoms with Gasteiger partial charge in [0.15, 0.2) is 11.5 Å². The van der Waals surface area contributed by atoms with Crippen molar-refractivity contribution in [1.82, 2.24) is 0 Å². The molecule has 1 N–H and O–H groups in total. The van der Waals surface area contributed by atoms with Gasteiger partial charge < -0.3 is 9.84 Å². The summed E-state index contributed by atoms with van der Waals surface area (Å²) >= 11 is 0. The number of nitro benzene ring substituents is 1. The van der Waals surface area contributed by atoms with E-state index in [1.807, 2.05) is 12.1 Å². The topological polar surface area (TPSA) is 89.7 Å². The summed E-state index contributed by atoms with van der Waals surface area (Å²) < 4.78 is 5.04. The van der Waals surface area contributed by atoms with Gasteiger partial charge in [0.2, 0.25) is 5.75 Å². The number of nitrogens with zero attached hydrogens (tertiary/aromatic N) is 1. The molecule has 0 bridgehead atoms. The van der Waals surface area contributed by atoms with Crippen molar-refractivity contribution in [3.05, 3.63) is 99.6 Å². The van der Waals surface area contributed by atoms with Gasteiger partial charge in [0.05, 0.1) is 12.0 Å². The smallest absolute Gasteiger partial charge is 0.315 e. The molecule has 0 spiro atoms. The predicted molar refractivity (Wildman–Crippen MR) is 106 cm³/mol. The Morgan fingerprint density at radius 3 is 2.11 bits per heavy atom. The van der Waals surface area contributed by atoms with E-state index in [1.165, 1.54) is 19.2 Å². The Morgan fingerprint density at radius 1 is 1.00 bits per heavy atom. The average Bonchev–Trinajstić information content (AvgIpc) is 2.73. The van der Waals surface area contributed by atoms with E-state index in [0.717, 1.165) is 0 Å². The number of ketones is 1. The highest BCUT2D eigenvalue weighted by Gasteiger charge is 2.21. The minimum absolute atomic E-state index is 0.0416. The summed E-state index contributed by atoms with van der Waals surface area (Å²) in [5.41, 5.74) is 1.41. The van der Waals surface area contributed by atoms with Crippen molar-refractivity contribution >= 4 is 23.1 Å². The van der Waals surface area contributed by atoms with E-state index in [0.29, 0.717) is 22.3 Å². The Labute approximate surface area is 161 Å². The number of rotatable bonds is 6. The third-order valence-corrected chi connectivity index (χ3v) is 4.17. The van der Waals surface area contributed by atoms with Crippen LogP contribution in [-0.4, -0.2) is 22.9 Å². The van der Waals surface area contributed by atoms with Crippen LogP contribution in [0.15, 0.2) is 72.8 Å². The zero-order chi connectivity index (χ0) is 20.1. The molecular weight excluding hydrogens is 358 g/mol. The number of nitro groups is 1. The summed E-state index contributed by atoms with van der Waals surface area (Å²) in [5, 5.41) is 21.2. The van der Waals surface area contributed by atoms with Gasteiger partial charge >= 0.3 is 5.69 Å². The second-order valence-electron chi connectivity index (χ2n) is 5.97. The van der Waals surface area contributed by atoms with Gasteiger partial charge in [0.1, 0.15) is 0 Å². The summed E-state index contributed by atoms with van der Waals surface area (Å²) in [6, 6.07) is 20.5. The molecule has 6 heteroatoms. The van der Waals surface area contributed by atoms with Crippen LogP contribution >= 0.6 is 0 Å². The van der Waals surface area contributed by atoms with Crippen molar-refractivity contribution in [3.63, 3.8) is 0 Å². The Hall–Kier alpha value is -3.93. The summed E-state index contributed by atoms with van der Waals surface area (Å²) in [6.07, 6.45) is 1.56. The van der Waals surface area contributed by atoms with Gasteiger partial charge in [-0.3, -0.25) is 14.9 Å². The number of carbonyl (C=O) groups is 1. The normalized spacial score (nSPS) is 11.1. The molecule has 0 unspecified atom stereocenters. The summed E-state index contributed by atoms with van der Waals surface area (Å²) in [7, 11) is 1.31. The van der Waals surface area contributed by atoms with Crippen molar-refractivity contribution in [3.8, 4) is 11.5 Å². The van der Waals surface area contributed by atoms with Crippen LogP contribution in [0.4, 0.5) is 5.69 Å². The molecule has 0 aliphatic heterocycles. The van der Waals surface area contributed by atoms with Crippen LogP contribution in [0.1, 0.15) is 21.5 Å². The second-order valence-corrected chi connectivity index (χ2v) is 5.97. The van der Waals surface area contributed by atoms with Gasteiger partial charge in [-0.2, -0.15) is 0 Å². The molecule has 0 amide bonds. The van der Waals surface area contributed by atoms with Crippen LogP contribution in [-0.2, 0) is 0 Å². The van der Waals surface area contributed by atoms with Crippen LogP contribution in [0.5, 0.6) is 11.5 Å². The van der Waals surface area contributed by atoms with Crippen LogP contribution < -0.4 is 4.74 Å². The first kappa shape index (κ1) is 18.8. The van der Waals surface area contributed by atoms with Crippen molar-refractivity contribution in [2.45, 2.75) is 0 Å². The zero-order valence-corrected chi connectivity index (χ0v) is 15.0. The zero-order valence-electron chi connectivity index (χ0n) is 15.0. The van der Waals surface area contributed by atoms with E-state index in [4.69, 9.17) is 4.74 Å². The fraction of sp³-hybridized carbons (Fsp3) is 0.0455. The molecule has 0 heterocycles. The molecule has 3 aromatic rings. The number of hydrogen-bond acceptors (Lipinski definition) is 5. The monoisotopic (exact) mass is 375 g/mol. The van der Waals surface area contributed by atoms with Crippen molar-refractivity contribution in [2.24, 2.45) is 0 Å². The van der Waals surface area contributed by atoms with Crippen molar-refractivity contribution in [1.29, 1.82) is 0 Å². The summed E-state index contributed by atoms with van der Waals surface area (Å²) in [6.45, 7) is 0. The number of phenolic OH excluding ortho intramolecular Hbond substituents is 1. The maximum atomic E-state index is 13.1. The van der Waals surface area contributed by atoms with Gasteiger partial charge in [-0.25, -0.2) is 0 Å². The van der Waals surface area contributed by atoms with E-state index < -0.39 is 16.4 Å². The lowest BCUT2D eigenvalue weighted by Gasteiger charge is -2.09. The molecule has 0 aromatic heterocycles. The lowest BCUT2D eigenvalue weighted by molar-refractivity contribution is -0.386. The molecule has 0 aliphatic carbocycles. The number of hydrogen-bond donors (Lipinski definition) is 1. The maximum absolute atomic E-state index is 13.1. The third-order valence-electron chi connectivity index (χ3n) is 4.17. The first-order valence-corrected chi connectivity index (χ1v) is 8.43. The van der Waals surface area contributed by atoms with E-state index in [2.05, 4.69) is 0 Å². The molecule has 0 aliphatic rings. The molecule has 0 saturated carbocycles. The van der Waals surface area contributed by atoms with Gasteiger partial charge in [0, 0.05) is 17.2 Å². The van der Waals surface area contributed by atoms with E-state index in [1.54, 1.807) is 54.6 Å². The largest absolute Gasteiger partial charge is 0.500 e. The van der Waals surface area contributed by atoms with Crippen LogP contribution in [0, 0.1) is 10.1 Å². The van der Waals surface area contributed by atoms with E-state index in [9.17, 15) is 20.0 Å². The Kier molecular flexibility index (Phi) is 5.50. The van der Waals surface area contributed by atoms with Crippen LogP contribution in [0.25, 0.3) is 11.6 Å². The second kappa shape index (κ2) is 8.18.